The predicted molar refractivity (Wildman–Crippen MR) is 112 cm³/mol. The fourth-order valence-electron chi connectivity index (χ4n) is 2.96. The number of hydrogen-bond donors (Lipinski definition) is 1. The van der Waals surface area contributed by atoms with E-state index < -0.39 is 22.0 Å². The monoisotopic (exact) mass is 428 g/mol. The number of benzene rings is 2. The van der Waals surface area contributed by atoms with Crippen LogP contribution < -0.4 is 9.62 Å². The fraction of sp³-hybridized carbons (Fsp3) is 0.316. The van der Waals surface area contributed by atoms with Crippen molar-refractivity contribution in [3.8, 4) is 0 Å². The molecule has 0 bridgehead atoms. The molecule has 2 rings (SSSR count). The third-order valence-corrected chi connectivity index (χ3v) is 5.69. The van der Waals surface area contributed by atoms with Gasteiger partial charge in [0.15, 0.2) is 0 Å². The van der Waals surface area contributed by atoms with E-state index in [0.717, 1.165) is 21.7 Å². The molecule has 0 spiro atoms. The summed E-state index contributed by atoms with van der Waals surface area (Å²) < 4.78 is 26.0. The van der Waals surface area contributed by atoms with Crippen molar-refractivity contribution in [2.75, 3.05) is 15.9 Å². The summed E-state index contributed by atoms with van der Waals surface area (Å²) in [5.41, 5.74) is 2.78. The highest BCUT2D eigenvalue weighted by atomic mass is 35.5. The van der Waals surface area contributed by atoms with Gasteiger partial charge in [0.1, 0.15) is 6.04 Å². The van der Waals surface area contributed by atoms with E-state index in [1.807, 2.05) is 32.0 Å². The summed E-state index contributed by atoms with van der Waals surface area (Å²) in [6, 6.07) is 9.18. The van der Waals surface area contributed by atoms with Crippen LogP contribution in [-0.2, 0) is 14.8 Å². The number of nitrogens with one attached hydrogen (secondary N) is 1. The summed E-state index contributed by atoms with van der Waals surface area (Å²) in [5, 5.41) is 3.33. The van der Waals surface area contributed by atoms with Crippen molar-refractivity contribution in [2.24, 2.45) is 0 Å². The van der Waals surface area contributed by atoms with Gasteiger partial charge in [0.05, 0.1) is 17.0 Å². The highest BCUT2D eigenvalue weighted by Crippen LogP contribution is 2.33. The second-order valence-corrected chi connectivity index (χ2v) is 9.15. The quantitative estimate of drug-likeness (QED) is 0.718. The summed E-state index contributed by atoms with van der Waals surface area (Å²) in [7, 11) is -3.79. The van der Waals surface area contributed by atoms with Crippen molar-refractivity contribution in [1.29, 1.82) is 0 Å². The Balaban J connectivity index is 2.46. The summed E-state index contributed by atoms with van der Waals surface area (Å²) in [6.07, 6.45) is 1.30. The average Bonchev–Trinajstić information content (AvgIpc) is 2.52. The highest BCUT2D eigenvalue weighted by molar-refractivity contribution is 7.92. The Morgan fingerprint density at radius 2 is 1.70 bits per heavy atom. The van der Waals surface area contributed by atoms with E-state index in [9.17, 15) is 13.2 Å². The minimum Gasteiger partial charge on any atom is -0.324 e. The third kappa shape index (κ3) is 5.37. The molecule has 146 valence electrons. The Kier molecular flexibility index (Phi) is 6.78. The van der Waals surface area contributed by atoms with E-state index in [4.69, 9.17) is 23.2 Å². The van der Waals surface area contributed by atoms with Crippen LogP contribution >= 0.6 is 23.2 Å². The lowest BCUT2D eigenvalue weighted by Gasteiger charge is -2.30. The number of hydrogen-bond acceptors (Lipinski definition) is 3. The van der Waals surface area contributed by atoms with Crippen molar-refractivity contribution in [2.45, 2.75) is 33.2 Å². The van der Waals surface area contributed by atoms with Crippen LogP contribution in [0.1, 0.15) is 24.5 Å². The maximum atomic E-state index is 12.9. The predicted octanol–water partition coefficient (Wildman–Crippen LogP) is 4.79. The Morgan fingerprint density at radius 3 is 2.22 bits per heavy atom. The minimum absolute atomic E-state index is 0.175. The molecule has 27 heavy (non-hydrogen) atoms. The van der Waals surface area contributed by atoms with Gasteiger partial charge < -0.3 is 5.32 Å². The van der Waals surface area contributed by atoms with Crippen molar-refractivity contribution < 1.29 is 13.2 Å². The number of sulfonamides is 1. The van der Waals surface area contributed by atoms with Crippen molar-refractivity contribution in [3.63, 3.8) is 0 Å². The molecule has 2 aromatic rings. The number of aryl methyl sites for hydroxylation is 2. The third-order valence-electron chi connectivity index (χ3n) is 3.96. The Hall–Kier alpha value is -1.76. The lowest BCUT2D eigenvalue weighted by atomic mass is 10.1. The average molecular weight is 429 g/mol. The number of rotatable bonds is 6. The second kappa shape index (κ2) is 8.50. The molecule has 1 atom stereocenters. The van der Waals surface area contributed by atoms with Crippen LogP contribution in [0.3, 0.4) is 0 Å². The number of amides is 1. The molecular weight excluding hydrogens is 407 g/mol. The SMILES string of the molecule is CCC(C(=O)Nc1cc(C)cc(C)c1)N(c1cc(Cl)ccc1Cl)S(C)(=O)=O. The largest absolute Gasteiger partial charge is 0.324 e. The first-order valence-electron chi connectivity index (χ1n) is 8.36. The summed E-state index contributed by atoms with van der Waals surface area (Å²) in [5.74, 6) is -0.441. The zero-order valence-electron chi connectivity index (χ0n) is 15.6. The first-order chi connectivity index (χ1) is 12.5. The molecule has 5 nitrogen and oxygen atoms in total. The van der Waals surface area contributed by atoms with Crippen LogP contribution in [-0.4, -0.2) is 26.6 Å². The fourth-order valence-corrected chi connectivity index (χ4v) is 4.60. The Bertz CT molecular complexity index is 941. The molecule has 0 aromatic heterocycles. The normalized spacial score (nSPS) is 12.5. The van der Waals surface area contributed by atoms with E-state index in [0.29, 0.717) is 10.7 Å². The molecule has 8 heteroatoms. The van der Waals surface area contributed by atoms with Gasteiger partial charge in [-0.25, -0.2) is 8.42 Å². The molecular formula is C19H22Cl2N2O3S. The molecule has 0 heterocycles. The van der Waals surface area contributed by atoms with E-state index >= 15 is 0 Å². The summed E-state index contributed by atoms with van der Waals surface area (Å²) >= 11 is 12.2. The molecule has 0 fully saturated rings. The summed E-state index contributed by atoms with van der Waals surface area (Å²) in [4.78, 5) is 12.9. The molecule has 1 N–H and O–H groups in total. The van der Waals surface area contributed by atoms with Gasteiger partial charge in [-0.1, -0.05) is 36.2 Å². The van der Waals surface area contributed by atoms with Gasteiger partial charge in [-0.3, -0.25) is 9.10 Å². The van der Waals surface area contributed by atoms with Crippen LogP contribution in [0.15, 0.2) is 36.4 Å². The van der Waals surface area contributed by atoms with Crippen LogP contribution in [0.25, 0.3) is 0 Å². The lowest BCUT2D eigenvalue weighted by molar-refractivity contribution is -0.117. The molecule has 0 saturated carbocycles. The zero-order chi connectivity index (χ0) is 20.4. The van der Waals surface area contributed by atoms with Crippen LogP contribution in [0, 0.1) is 13.8 Å². The van der Waals surface area contributed by atoms with Gasteiger partial charge in [-0.05, 0) is 61.7 Å². The maximum absolute atomic E-state index is 12.9. The summed E-state index contributed by atoms with van der Waals surface area (Å²) in [6.45, 7) is 5.59. The lowest BCUT2D eigenvalue weighted by Crippen LogP contribution is -2.47. The van der Waals surface area contributed by atoms with Gasteiger partial charge >= 0.3 is 0 Å². The molecule has 0 aliphatic heterocycles. The van der Waals surface area contributed by atoms with E-state index in [1.54, 1.807) is 13.0 Å². The van der Waals surface area contributed by atoms with Crippen molar-refractivity contribution >= 4 is 50.5 Å². The molecule has 0 radical (unpaired) electrons. The van der Waals surface area contributed by atoms with E-state index in [2.05, 4.69) is 5.32 Å². The molecule has 0 saturated heterocycles. The number of carbonyl (C=O) groups excluding carboxylic acids is 1. The van der Waals surface area contributed by atoms with Gasteiger partial charge in [-0.15, -0.1) is 0 Å². The first-order valence-corrected chi connectivity index (χ1v) is 11.0. The van der Waals surface area contributed by atoms with Crippen LogP contribution in [0.2, 0.25) is 10.0 Å². The highest BCUT2D eigenvalue weighted by Gasteiger charge is 2.33. The second-order valence-electron chi connectivity index (χ2n) is 6.44. The van der Waals surface area contributed by atoms with Crippen molar-refractivity contribution in [1.82, 2.24) is 0 Å². The number of halogens is 2. The zero-order valence-corrected chi connectivity index (χ0v) is 17.9. The number of nitrogens with zero attached hydrogens (tertiary/aromatic N) is 1. The van der Waals surface area contributed by atoms with Crippen molar-refractivity contribution in [3.05, 3.63) is 57.6 Å². The van der Waals surface area contributed by atoms with Gasteiger partial charge in [-0.2, -0.15) is 0 Å². The minimum atomic E-state index is -3.79. The van der Waals surface area contributed by atoms with E-state index in [1.165, 1.54) is 12.1 Å². The van der Waals surface area contributed by atoms with Gasteiger partial charge in [0.25, 0.3) is 0 Å². The molecule has 0 aliphatic rings. The Labute approximate surface area is 170 Å². The molecule has 2 aromatic carbocycles. The Morgan fingerprint density at radius 1 is 1.11 bits per heavy atom. The van der Waals surface area contributed by atoms with E-state index in [-0.39, 0.29) is 17.1 Å². The standard InChI is InChI=1S/C19H22Cl2N2O3S/c1-5-17(19(24)22-15-9-12(2)8-13(3)10-15)23(27(4,25)26)18-11-14(20)6-7-16(18)21/h6-11,17H,5H2,1-4H3,(H,22,24). The van der Waals surface area contributed by atoms with Gasteiger partial charge in [0, 0.05) is 10.7 Å². The van der Waals surface area contributed by atoms with Gasteiger partial charge in [0.2, 0.25) is 15.9 Å². The first kappa shape index (κ1) is 21.5. The topological polar surface area (TPSA) is 66.5 Å². The molecule has 0 aliphatic carbocycles. The molecule has 1 amide bonds. The van der Waals surface area contributed by atoms with Crippen LogP contribution in [0.4, 0.5) is 11.4 Å². The number of anilines is 2. The van der Waals surface area contributed by atoms with Crippen LogP contribution in [0.5, 0.6) is 0 Å². The molecule has 1 unspecified atom stereocenters. The number of carbonyl (C=O) groups is 1. The maximum Gasteiger partial charge on any atom is 0.248 e. The smallest absolute Gasteiger partial charge is 0.248 e.